The van der Waals surface area contributed by atoms with E-state index in [2.05, 4.69) is 0 Å². The van der Waals surface area contributed by atoms with E-state index in [1.807, 2.05) is 39.8 Å². The molecule has 0 N–H and O–H groups in total. The third kappa shape index (κ3) is 3.88. The zero-order valence-corrected chi connectivity index (χ0v) is 15.9. The van der Waals surface area contributed by atoms with Crippen LogP contribution in [0.15, 0.2) is 52.3 Å². The predicted molar refractivity (Wildman–Crippen MR) is 97.0 cm³/mol. The third-order valence-electron chi connectivity index (χ3n) is 4.28. The molecule has 0 amide bonds. The minimum atomic E-state index is -3.57. The molecule has 2 aromatic carbocycles. The quantitative estimate of drug-likeness (QED) is 0.759. The van der Waals surface area contributed by atoms with Gasteiger partial charge in [-0.1, -0.05) is 39.0 Å². The fraction of sp³-hybridized carbons (Fsp3) is 0.400. The average molecular weight is 360 g/mol. The van der Waals surface area contributed by atoms with Crippen molar-refractivity contribution < 1.29 is 17.9 Å². The van der Waals surface area contributed by atoms with Crippen LogP contribution in [-0.4, -0.2) is 27.7 Å². The van der Waals surface area contributed by atoms with Crippen molar-refractivity contribution in [2.24, 2.45) is 0 Å². The minimum Gasteiger partial charge on any atom is -0.490 e. The number of rotatable bonds is 5. The molecule has 5 heteroatoms. The molecule has 2 aromatic rings. The Balaban J connectivity index is 2.03. The largest absolute Gasteiger partial charge is 0.490 e. The molecule has 0 spiro atoms. The predicted octanol–water partition coefficient (Wildman–Crippen LogP) is 3.90. The summed E-state index contributed by atoms with van der Waals surface area (Å²) < 4.78 is 37.2. The van der Waals surface area contributed by atoms with Gasteiger partial charge in [-0.3, -0.25) is 0 Å². The molecule has 0 aromatic heterocycles. The summed E-state index contributed by atoms with van der Waals surface area (Å²) in [6.45, 7) is 9.18. The van der Waals surface area contributed by atoms with E-state index in [9.17, 15) is 8.42 Å². The van der Waals surface area contributed by atoms with Gasteiger partial charge in [0.15, 0.2) is 0 Å². The highest BCUT2D eigenvalue weighted by molar-refractivity contribution is 7.91. The molecule has 0 radical (unpaired) electrons. The molecule has 0 bridgehead atoms. The van der Waals surface area contributed by atoms with E-state index < -0.39 is 9.84 Å². The normalized spacial score (nSPS) is 17.4. The molecule has 1 aliphatic rings. The second-order valence-electron chi connectivity index (χ2n) is 7.44. The van der Waals surface area contributed by atoms with Crippen LogP contribution in [0, 0.1) is 6.92 Å². The summed E-state index contributed by atoms with van der Waals surface area (Å²) in [6.07, 6.45) is 0.156. The average Bonchev–Trinajstić information content (AvgIpc) is 3.36. The van der Waals surface area contributed by atoms with E-state index in [1.54, 1.807) is 30.3 Å². The molecule has 3 rings (SSSR count). The van der Waals surface area contributed by atoms with E-state index >= 15 is 0 Å². The fourth-order valence-corrected chi connectivity index (χ4v) is 4.24. The Morgan fingerprint density at radius 3 is 2.44 bits per heavy atom. The molecule has 1 atom stereocenters. The van der Waals surface area contributed by atoms with E-state index in [-0.39, 0.29) is 11.5 Å². The summed E-state index contributed by atoms with van der Waals surface area (Å²) >= 11 is 0. The van der Waals surface area contributed by atoms with Gasteiger partial charge in [-0.2, -0.15) is 0 Å². The first-order valence-corrected chi connectivity index (χ1v) is 9.87. The lowest BCUT2D eigenvalue weighted by Crippen LogP contribution is -2.16. The van der Waals surface area contributed by atoms with Crippen molar-refractivity contribution in [3.8, 4) is 5.75 Å². The molecule has 1 saturated heterocycles. The van der Waals surface area contributed by atoms with Crippen LogP contribution < -0.4 is 4.74 Å². The van der Waals surface area contributed by atoms with E-state index in [0.717, 1.165) is 17.7 Å². The summed E-state index contributed by atoms with van der Waals surface area (Å²) in [6, 6.07) is 12.2. The molecule has 25 heavy (non-hydrogen) atoms. The first kappa shape index (κ1) is 18.0. The maximum atomic E-state index is 13.1. The number of epoxide rings is 1. The third-order valence-corrected chi connectivity index (χ3v) is 6.19. The van der Waals surface area contributed by atoms with Gasteiger partial charge in [0, 0.05) is 5.56 Å². The summed E-state index contributed by atoms with van der Waals surface area (Å²) in [5.74, 6) is 0.715. The lowest BCUT2D eigenvalue weighted by Gasteiger charge is -2.23. The van der Waals surface area contributed by atoms with Crippen molar-refractivity contribution in [1.82, 2.24) is 0 Å². The van der Waals surface area contributed by atoms with Gasteiger partial charge in [-0.15, -0.1) is 0 Å². The highest BCUT2D eigenvalue weighted by Gasteiger charge is 2.27. The van der Waals surface area contributed by atoms with Crippen LogP contribution in [0.5, 0.6) is 5.75 Å². The molecule has 1 fully saturated rings. The Kier molecular flexibility index (Phi) is 4.64. The molecule has 1 unspecified atom stereocenters. The highest BCUT2D eigenvalue weighted by Crippen LogP contribution is 2.35. The molecule has 0 aliphatic carbocycles. The second kappa shape index (κ2) is 6.46. The molecule has 1 heterocycles. The summed E-state index contributed by atoms with van der Waals surface area (Å²) in [7, 11) is -3.57. The van der Waals surface area contributed by atoms with Gasteiger partial charge in [0.2, 0.25) is 9.84 Å². The van der Waals surface area contributed by atoms with Crippen molar-refractivity contribution in [1.29, 1.82) is 0 Å². The maximum Gasteiger partial charge on any atom is 0.206 e. The van der Waals surface area contributed by atoms with Crippen LogP contribution in [0.1, 0.15) is 31.9 Å². The van der Waals surface area contributed by atoms with Crippen molar-refractivity contribution in [3.63, 3.8) is 0 Å². The number of aryl methyl sites for hydroxylation is 1. The van der Waals surface area contributed by atoms with Gasteiger partial charge in [-0.25, -0.2) is 8.42 Å². The van der Waals surface area contributed by atoms with Gasteiger partial charge < -0.3 is 9.47 Å². The van der Waals surface area contributed by atoms with Gasteiger partial charge in [0.25, 0.3) is 0 Å². The van der Waals surface area contributed by atoms with Gasteiger partial charge in [0.1, 0.15) is 18.5 Å². The zero-order valence-electron chi connectivity index (χ0n) is 15.1. The molecule has 1 aliphatic heterocycles. The highest BCUT2D eigenvalue weighted by atomic mass is 32.2. The summed E-state index contributed by atoms with van der Waals surface area (Å²) in [4.78, 5) is 0.636. The lowest BCUT2D eigenvalue weighted by molar-refractivity contribution is 0.258. The van der Waals surface area contributed by atoms with Crippen LogP contribution in [0.25, 0.3) is 0 Å². The molecular weight excluding hydrogens is 336 g/mol. The van der Waals surface area contributed by atoms with Gasteiger partial charge in [-0.05, 0) is 42.2 Å². The topological polar surface area (TPSA) is 55.9 Å². The summed E-state index contributed by atoms with van der Waals surface area (Å²) in [5.41, 5.74) is 1.38. The Hall–Kier alpha value is -1.85. The van der Waals surface area contributed by atoms with Crippen molar-refractivity contribution >= 4 is 9.84 Å². The number of ether oxygens (including phenoxy) is 2. The second-order valence-corrected chi connectivity index (χ2v) is 9.36. The number of sulfone groups is 1. The van der Waals surface area contributed by atoms with E-state index in [0.29, 0.717) is 22.1 Å². The zero-order chi connectivity index (χ0) is 18.2. The Bertz CT molecular complexity index is 875. The van der Waals surface area contributed by atoms with Crippen LogP contribution in [0.2, 0.25) is 0 Å². The Morgan fingerprint density at radius 1 is 1.16 bits per heavy atom. The monoisotopic (exact) mass is 360 g/mol. The van der Waals surface area contributed by atoms with Gasteiger partial charge in [0.05, 0.1) is 16.4 Å². The smallest absolute Gasteiger partial charge is 0.206 e. The Labute approximate surface area is 149 Å². The number of benzene rings is 2. The number of hydrogen-bond donors (Lipinski definition) is 0. The van der Waals surface area contributed by atoms with Crippen molar-refractivity contribution in [2.75, 3.05) is 13.2 Å². The molecule has 0 saturated carbocycles. The minimum absolute atomic E-state index is 0.156. The first-order valence-electron chi connectivity index (χ1n) is 8.39. The van der Waals surface area contributed by atoms with Crippen molar-refractivity contribution in [3.05, 3.63) is 53.6 Å². The first-order chi connectivity index (χ1) is 11.7. The van der Waals surface area contributed by atoms with Gasteiger partial charge >= 0.3 is 0 Å². The van der Waals surface area contributed by atoms with E-state index in [4.69, 9.17) is 9.47 Å². The van der Waals surface area contributed by atoms with Crippen molar-refractivity contribution in [2.45, 2.75) is 49.0 Å². The molecule has 134 valence electrons. The standard InChI is InChI=1S/C20H24O4S/c1-14-7-5-6-8-19(14)25(21,22)16-9-10-18(24-13-15-12-23-15)17(11-16)20(2,3)4/h5-11,15H,12-13H2,1-4H3. The number of hydrogen-bond acceptors (Lipinski definition) is 4. The Morgan fingerprint density at radius 2 is 1.84 bits per heavy atom. The van der Waals surface area contributed by atoms with E-state index in [1.165, 1.54) is 0 Å². The van der Waals surface area contributed by atoms with Crippen LogP contribution in [-0.2, 0) is 20.0 Å². The summed E-state index contributed by atoms with van der Waals surface area (Å²) in [5, 5.41) is 0. The molecular formula is C20H24O4S. The van der Waals surface area contributed by atoms with Crippen LogP contribution in [0.3, 0.4) is 0 Å². The molecule has 4 nitrogen and oxygen atoms in total. The lowest BCUT2D eigenvalue weighted by atomic mass is 9.86. The van der Waals surface area contributed by atoms with Crippen LogP contribution in [0.4, 0.5) is 0 Å². The fourth-order valence-electron chi connectivity index (χ4n) is 2.72. The maximum absolute atomic E-state index is 13.1. The van der Waals surface area contributed by atoms with Crippen LogP contribution >= 0.6 is 0 Å². The SMILES string of the molecule is Cc1ccccc1S(=O)(=O)c1ccc(OCC2CO2)c(C(C)(C)C)c1.